The summed E-state index contributed by atoms with van der Waals surface area (Å²) in [5, 5.41) is 16.3. The lowest BCUT2D eigenvalue weighted by molar-refractivity contribution is 0.106. The van der Waals surface area contributed by atoms with Gasteiger partial charge in [-0.05, 0) is 30.5 Å². The molecule has 5 heteroatoms. The molecule has 0 spiro atoms. The van der Waals surface area contributed by atoms with E-state index < -0.39 is 0 Å². The van der Waals surface area contributed by atoms with Crippen molar-refractivity contribution in [3.8, 4) is 6.07 Å². The minimum absolute atomic E-state index is 0.154. The highest BCUT2D eigenvalue weighted by molar-refractivity contribution is 7.08. The van der Waals surface area contributed by atoms with Crippen LogP contribution in [0.1, 0.15) is 15.9 Å². The van der Waals surface area contributed by atoms with Crippen LogP contribution < -0.4 is 5.43 Å². The maximum Gasteiger partial charge on any atom is 0.224 e. The molecule has 0 fully saturated rings. The van der Waals surface area contributed by atoms with Crippen molar-refractivity contribution in [3.63, 3.8) is 0 Å². The molecule has 0 aliphatic rings. The number of hydrogen-bond acceptors (Lipinski definition) is 5. The summed E-state index contributed by atoms with van der Waals surface area (Å²) >= 11 is 1.41. The number of rotatable bonds is 4. The smallest absolute Gasteiger partial charge is 0.224 e. The third kappa shape index (κ3) is 3.27. The SMILES string of the molecule is Cc1ccc(N/N=C(\C#N)C(=O)c2ccsc2)cc1. The van der Waals surface area contributed by atoms with Crippen LogP contribution in [0.5, 0.6) is 0 Å². The van der Waals surface area contributed by atoms with Crippen molar-refractivity contribution in [2.75, 3.05) is 5.43 Å². The number of ketones is 1. The molecule has 0 saturated heterocycles. The summed E-state index contributed by atoms with van der Waals surface area (Å²) in [6, 6.07) is 11.0. The lowest BCUT2D eigenvalue weighted by Gasteiger charge is -2.01. The Hall–Kier alpha value is -2.45. The Bertz CT molecular complexity index is 636. The van der Waals surface area contributed by atoms with Crippen LogP contribution in [0.2, 0.25) is 0 Å². The molecule has 2 aromatic rings. The molecule has 0 unspecified atom stereocenters. The lowest BCUT2D eigenvalue weighted by Crippen LogP contribution is -2.13. The van der Waals surface area contributed by atoms with Crippen LogP contribution in [-0.2, 0) is 0 Å². The molecule has 4 nitrogen and oxygen atoms in total. The van der Waals surface area contributed by atoms with E-state index >= 15 is 0 Å². The van der Waals surface area contributed by atoms with Crippen molar-refractivity contribution in [1.82, 2.24) is 0 Å². The Morgan fingerprint density at radius 2 is 2.05 bits per heavy atom. The average Bonchev–Trinajstić information content (AvgIpc) is 2.95. The normalized spacial score (nSPS) is 10.8. The monoisotopic (exact) mass is 269 g/mol. The third-order valence-corrected chi connectivity index (χ3v) is 3.14. The van der Waals surface area contributed by atoms with E-state index in [9.17, 15) is 4.79 Å². The van der Waals surface area contributed by atoms with Gasteiger partial charge in [0.15, 0.2) is 0 Å². The molecule has 1 heterocycles. The van der Waals surface area contributed by atoms with Crippen molar-refractivity contribution in [3.05, 3.63) is 52.2 Å². The summed E-state index contributed by atoms with van der Waals surface area (Å²) in [6.07, 6.45) is 0. The average molecular weight is 269 g/mol. The molecular weight excluding hydrogens is 258 g/mol. The van der Waals surface area contributed by atoms with E-state index in [2.05, 4.69) is 10.5 Å². The Kier molecular flexibility index (Phi) is 4.06. The number of benzene rings is 1. The third-order valence-electron chi connectivity index (χ3n) is 2.45. The minimum atomic E-state index is -0.372. The zero-order valence-electron chi connectivity index (χ0n) is 10.3. The summed E-state index contributed by atoms with van der Waals surface area (Å²) < 4.78 is 0. The molecule has 0 aliphatic carbocycles. The van der Waals surface area contributed by atoms with E-state index in [1.807, 2.05) is 37.3 Å². The highest BCUT2D eigenvalue weighted by atomic mass is 32.1. The van der Waals surface area contributed by atoms with Gasteiger partial charge in [0.25, 0.3) is 0 Å². The van der Waals surface area contributed by atoms with Gasteiger partial charge in [0, 0.05) is 10.9 Å². The predicted molar refractivity (Wildman–Crippen MR) is 76.5 cm³/mol. The van der Waals surface area contributed by atoms with Gasteiger partial charge in [-0.1, -0.05) is 17.7 Å². The van der Waals surface area contributed by atoms with Crippen LogP contribution in [0.3, 0.4) is 0 Å². The molecule has 0 bridgehead atoms. The molecule has 1 aromatic heterocycles. The molecule has 0 saturated carbocycles. The molecule has 0 amide bonds. The fourth-order valence-electron chi connectivity index (χ4n) is 1.41. The second-order valence-corrected chi connectivity index (χ2v) is 4.67. The fourth-order valence-corrected chi connectivity index (χ4v) is 2.04. The zero-order chi connectivity index (χ0) is 13.7. The van der Waals surface area contributed by atoms with Crippen LogP contribution in [0.25, 0.3) is 0 Å². The van der Waals surface area contributed by atoms with Crippen LogP contribution in [0, 0.1) is 18.3 Å². The number of Topliss-reactive ketones (excluding diaryl/α,β-unsaturated/α-hetero) is 1. The number of thiophene rings is 1. The maximum atomic E-state index is 11.9. The lowest BCUT2D eigenvalue weighted by atomic mass is 10.1. The van der Waals surface area contributed by atoms with E-state index in [-0.39, 0.29) is 11.5 Å². The van der Waals surface area contributed by atoms with Gasteiger partial charge >= 0.3 is 0 Å². The molecule has 1 aromatic carbocycles. The largest absolute Gasteiger partial charge is 0.286 e. The van der Waals surface area contributed by atoms with E-state index in [0.717, 1.165) is 11.3 Å². The van der Waals surface area contributed by atoms with Crippen molar-refractivity contribution in [2.24, 2.45) is 5.10 Å². The van der Waals surface area contributed by atoms with Gasteiger partial charge in [0.2, 0.25) is 11.5 Å². The zero-order valence-corrected chi connectivity index (χ0v) is 11.1. The minimum Gasteiger partial charge on any atom is -0.286 e. The summed E-state index contributed by atoms with van der Waals surface area (Å²) in [6.45, 7) is 1.98. The number of anilines is 1. The standard InChI is InChI=1S/C14H11N3OS/c1-10-2-4-12(5-3-10)16-17-13(8-15)14(18)11-6-7-19-9-11/h2-7,9,16H,1H3/b17-13+. The van der Waals surface area contributed by atoms with E-state index in [1.165, 1.54) is 11.3 Å². The van der Waals surface area contributed by atoms with E-state index in [4.69, 9.17) is 5.26 Å². The molecule has 1 N–H and O–H groups in total. The molecule has 94 valence electrons. The number of carbonyl (C=O) groups is 1. The molecule has 0 aliphatic heterocycles. The van der Waals surface area contributed by atoms with Gasteiger partial charge in [-0.25, -0.2) is 0 Å². The summed E-state index contributed by atoms with van der Waals surface area (Å²) in [5.74, 6) is -0.372. The van der Waals surface area contributed by atoms with Gasteiger partial charge in [-0.2, -0.15) is 21.7 Å². The van der Waals surface area contributed by atoms with Gasteiger partial charge in [0.05, 0.1) is 5.69 Å². The first-order valence-electron chi connectivity index (χ1n) is 5.58. The Labute approximate surface area is 115 Å². The quantitative estimate of drug-likeness (QED) is 0.526. The second kappa shape index (κ2) is 5.94. The van der Waals surface area contributed by atoms with Crippen molar-refractivity contribution < 1.29 is 4.79 Å². The van der Waals surface area contributed by atoms with Crippen LogP contribution in [-0.4, -0.2) is 11.5 Å². The number of aryl methyl sites for hydroxylation is 1. The second-order valence-electron chi connectivity index (χ2n) is 3.89. The van der Waals surface area contributed by atoms with Crippen molar-refractivity contribution in [1.29, 1.82) is 5.26 Å². The number of nitrogens with one attached hydrogen (secondary N) is 1. The highest BCUT2D eigenvalue weighted by Gasteiger charge is 2.14. The van der Waals surface area contributed by atoms with Crippen LogP contribution in [0.4, 0.5) is 5.69 Å². The molecule has 19 heavy (non-hydrogen) atoms. The summed E-state index contributed by atoms with van der Waals surface area (Å²) in [5.41, 5.74) is 4.90. The number of hydrogen-bond donors (Lipinski definition) is 1. The molecular formula is C14H11N3OS. The van der Waals surface area contributed by atoms with Crippen molar-refractivity contribution in [2.45, 2.75) is 6.92 Å². The highest BCUT2D eigenvalue weighted by Crippen LogP contribution is 2.10. The Morgan fingerprint density at radius 1 is 1.32 bits per heavy atom. The first kappa shape index (κ1) is 13.0. The molecule has 2 rings (SSSR count). The van der Waals surface area contributed by atoms with E-state index in [1.54, 1.807) is 16.8 Å². The Balaban J connectivity index is 2.14. The number of nitrogens with zero attached hydrogens (tertiary/aromatic N) is 2. The van der Waals surface area contributed by atoms with Gasteiger partial charge in [-0.15, -0.1) is 0 Å². The fraction of sp³-hybridized carbons (Fsp3) is 0.0714. The molecule has 0 atom stereocenters. The summed E-state index contributed by atoms with van der Waals surface area (Å²) in [7, 11) is 0. The molecule has 0 radical (unpaired) electrons. The Morgan fingerprint density at radius 3 is 2.63 bits per heavy atom. The number of carbonyl (C=O) groups excluding carboxylic acids is 1. The van der Waals surface area contributed by atoms with Gasteiger partial charge < -0.3 is 0 Å². The first-order chi connectivity index (χ1) is 9.20. The number of hydrazone groups is 1. The number of nitriles is 1. The summed E-state index contributed by atoms with van der Waals surface area (Å²) in [4.78, 5) is 11.9. The predicted octanol–water partition coefficient (Wildman–Crippen LogP) is 3.23. The van der Waals surface area contributed by atoms with Crippen LogP contribution in [0.15, 0.2) is 46.2 Å². The van der Waals surface area contributed by atoms with Crippen LogP contribution >= 0.6 is 11.3 Å². The first-order valence-corrected chi connectivity index (χ1v) is 6.52. The maximum absolute atomic E-state index is 11.9. The topological polar surface area (TPSA) is 65.2 Å². The van der Waals surface area contributed by atoms with E-state index in [0.29, 0.717) is 5.56 Å². The van der Waals surface area contributed by atoms with Gasteiger partial charge in [-0.3, -0.25) is 10.2 Å². The van der Waals surface area contributed by atoms with Crippen molar-refractivity contribution >= 4 is 28.5 Å². The van der Waals surface area contributed by atoms with Gasteiger partial charge in [0.1, 0.15) is 6.07 Å².